The average molecular weight is 557 g/mol. The Morgan fingerprint density at radius 1 is 1.18 bits per heavy atom. The van der Waals surface area contributed by atoms with Gasteiger partial charge in [0.2, 0.25) is 6.79 Å². The van der Waals surface area contributed by atoms with Crippen LogP contribution in [0.4, 0.5) is 0 Å². The van der Waals surface area contributed by atoms with Gasteiger partial charge in [-0.3, -0.25) is 9.36 Å². The van der Waals surface area contributed by atoms with E-state index in [0.717, 1.165) is 0 Å². The number of rotatable bonds is 7. The predicted molar refractivity (Wildman–Crippen MR) is 142 cm³/mol. The zero-order valence-corrected chi connectivity index (χ0v) is 22.8. The molecule has 1 aromatic heterocycles. The highest BCUT2D eigenvalue weighted by atomic mass is 35.5. The van der Waals surface area contributed by atoms with E-state index >= 15 is 0 Å². The molecule has 11 heteroatoms. The van der Waals surface area contributed by atoms with Gasteiger partial charge in [0.25, 0.3) is 5.56 Å². The molecule has 0 amide bonds. The van der Waals surface area contributed by atoms with Crippen LogP contribution >= 0.6 is 22.9 Å². The van der Waals surface area contributed by atoms with Crippen LogP contribution in [-0.4, -0.2) is 37.7 Å². The normalized spacial score (nSPS) is 16.2. The Morgan fingerprint density at radius 2 is 1.95 bits per heavy atom. The minimum atomic E-state index is -0.787. The minimum absolute atomic E-state index is 0.110. The molecule has 9 nitrogen and oxygen atoms in total. The van der Waals surface area contributed by atoms with Gasteiger partial charge in [-0.05, 0) is 56.2 Å². The van der Waals surface area contributed by atoms with E-state index < -0.39 is 12.0 Å². The number of esters is 1. The molecule has 0 aliphatic carbocycles. The van der Waals surface area contributed by atoms with Crippen LogP contribution in [0.1, 0.15) is 37.9 Å². The second kappa shape index (κ2) is 10.5. The third kappa shape index (κ3) is 4.54. The minimum Gasteiger partial charge on any atom is -0.493 e. The van der Waals surface area contributed by atoms with Crippen LogP contribution in [0.5, 0.6) is 23.0 Å². The van der Waals surface area contributed by atoms with Gasteiger partial charge < -0.3 is 23.7 Å². The first-order valence-corrected chi connectivity index (χ1v) is 13.1. The molecule has 5 rings (SSSR count). The summed E-state index contributed by atoms with van der Waals surface area (Å²) in [5.74, 6) is 1.60. The Labute approximate surface area is 227 Å². The van der Waals surface area contributed by atoms with Crippen LogP contribution in [0, 0.1) is 0 Å². The molecule has 38 heavy (non-hydrogen) atoms. The summed E-state index contributed by atoms with van der Waals surface area (Å²) in [6.45, 7) is 6.04. The average Bonchev–Trinajstić information content (AvgIpc) is 3.47. The van der Waals surface area contributed by atoms with E-state index in [9.17, 15) is 9.59 Å². The van der Waals surface area contributed by atoms with Crippen molar-refractivity contribution in [2.24, 2.45) is 4.99 Å². The fraction of sp³-hybridized carbons (Fsp3) is 0.296. The molecule has 3 aromatic rings. The second-order valence-corrected chi connectivity index (χ2v) is 9.79. The van der Waals surface area contributed by atoms with Crippen molar-refractivity contribution in [2.75, 3.05) is 27.1 Å². The Bertz CT molecular complexity index is 1640. The lowest BCUT2D eigenvalue weighted by atomic mass is 9.95. The van der Waals surface area contributed by atoms with Crippen molar-refractivity contribution in [2.45, 2.75) is 26.8 Å². The number of nitrogens with zero attached hydrogens (tertiary/aromatic N) is 2. The maximum Gasteiger partial charge on any atom is 0.338 e. The molecule has 3 heterocycles. The predicted octanol–water partition coefficient (Wildman–Crippen LogP) is 3.59. The molecular weight excluding hydrogens is 532 g/mol. The highest BCUT2D eigenvalue weighted by Crippen LogP contribution is 2.38. The number of thiazole rings is 1. The molecule has 0 N–H and O–H groups in total. The lowest BCUT2D eigenvalue weighted by molar-refractivity contribution is -0.139. The number of carbonyl (C=O) groups excluding carboxylic acids is 1. The Morgan fingerprint density at radius 3 is 2.66 bits per heavy atom. The van der Waals surface area contributed by atoms with Gasteiger partial charge in [0.05, 0.1) is 47.2 Å². The summed E-state index contributed by atoms with van der Waals surface area (Å²) in [6.07, 6.45) is 1.69. The zero-order chi connectivity index (χ0) is 27.0. The number of allylic oxidation sites excluding steroid dienone is 1. The van der Waals surface area contributed by atoms with Crippen molar-refractivity contribution in [1.82, 2.24) is 4.57 Å². The van der Waals surface area contributed by atoms with Gasteiger partial charge in [0.15, 0.2) is 27.8 Å². The molecule has 0 bridgehead atoms. The number of hydrogen-bond donors (Lipinski definition) is 0. The van der Waals surface area contributed by atoms with Crippen LogP contribution in [0.15, 0.2) is 51.4 Å². The van der Waals surface area contributed by atoms with E-state index in [-0.39, 0.29) is 24.5 Å². The standard InChI is InChI=1S/C27H25ClN2O7S/c1-5-34-19-9-15(7-8-18(19)33-4)24-23(26(32)35-6-2)14(3)29-27-30(24)25(31)22(38-27)11-16-10-20-21(12-17(16)28)37-13-36-20/h7-12,24H,5-6,13H2,1-4H3/b22-11+. The van der Waals surface area contributed by atoms with Crippen molar-refractivity contribution in [3.63, 3.8) is 0 Å². The Balaban J connectivity index is 1.72. The van der Waals surface area contributed by atoms with Gasteiger partial charge in [-0.25, -0.2) is 9.79 Å². The molecule has 0 saturated carbocycles. The topological polar surface area (TPSA) is 97.6 Å². The summed E-state index contributed by atoms with van der Waals surface area (Å²) in [4.78, 5) is 32.1. The maximum atomic E-state index is 13.9. The third-order valence-corrected chi connectivity index (χ3v) is 7.41. The number of carbonyl (C=O) groups is 1. The fourth-order valence-corrected chi connectivity index (χ4v) is 5.67. The second-order valence-electron chi connectivity index (χ2n) is 8.37. The van der Waals surface area contributed by atoms with E-state index in [1.54, 1.807) is 57.4 Å². The summed E-state index contributed by atoms with van der Waals surface area (Å²) in [6, 6.07) is 7.93. The number of aromatic nitrogens is 1. The highest BCUT2D eigenvalue weighted by Gasteiger charge is 2.34. The lowest BCUT2D eigenvalue weighted by Crippen LogP contribution is -2.40. The van der Waals surface area contributed by atoms with Crippen molar-refractivity contribution in [1.29, 1.82) is 0 Å². The smallest absolute Gasteiger partial charge is 0.338 e. The maximum absolute atomic E-state index is 13.9. The monoisotopic (exact) mass is 556 g/mol. The fourth-order valence-electron chi connectivity index (χ4n) is 4.42. The first-order chi connectivity index (χ1) is 18.4. The van der Waals surface area contributed by atoms with Crippen LogP contribution in [0.2, 0.25) is 5.02 Å². The van der Waals surface area contributed by atoms with Crippen LogP contribution in [0.25, 0.3) is 6.08 Å². The quantitative estimate of drug-likeness (QED) is 0.410. The van der Waals surface area contributed by atoms with Gasteiger partial charge in [0.1, 0.15) is 0 Å². The SMILES string of the molecule is CCOC(=O)C1=C(C)N=c2s/c(=C/c3cc4c(cc3Cl)OCO4)c(=O)n2C1c1ccc(OC)c(OCC)c1. The van der Waals surface area contributed by atoms with E-state index in [1.165, 1.54) is 15.9 Å². The zero-order valence-electron chi connectivity index (χ0n) is 21.2. The summed E-state index contributed by atoms with van der Waals surface area (Å²) in [5, 5.41) is 0.413. The highest BCUT2D eigenvalue weighted by molar-refractivity contribution is 7.07. The van der Waals surface area contributed by atoms with Crippen LogP contribution in [0.3, 0.4) is 0 Å². The van der Waals surface area contributed by atoms with Crippen LogP contribution in [-0.2, 0) is 9.53 Å². The lowest BCUT2D eigenvalue weighted by Gasteiger charge is -2.25. The molecular formula is C27H25ClN2O7S. The number of benzene rings is 2. The Hall–Kier alpha value is -3.76. The summed E-state index contributed by atoms with van der Waals surface area (Å²) >= 11 is 7.68. The summed E-state index contributed by atoms with van der Waals surface area (Å²) in [5.41, 5.74) is 1.67. The van der Waals surface area contributed by atoms with Crippen molar-refractivity contribution in [3.05, 3.63) is 77.4 Å². The van der Waals surface area contributed by atoms with E-state index in [0.29, 0.717) is 60.8 Å². The number of ether oxygens (including phenoxy) is 5. The van der Waals surface area contributed by atoms with Crippen LogP contribution < -0.4 is 33.8 Å². The number of hydrogen-bond acceptors (Lipinski definition) is 9. The van der Waals surface area contributed by atoms with E-state index in [4.69, 9.17) is 35.3 Å². The third-order valence-electron chi connectivity index (χ3n) is 6.10. The first kappa shape index (κ1) is 25.9. The largest absolute Gasteiger partial charge is 0.493 e. The summed E-state index contributed by atoms with van der Waals surface area (Å²) < 4.78 is 29.3. The van der Waals surface area contributed by atoms with Crippen molar-refractivity contribution in [3.8, 4) is 23.0 Å². The van der Waals surface area contributed by atoms with Gasteiger partial charge in [-0.15, -0.1) is 0 Å². The van der Waals surface area contributed by atoms with Gasteiger partial charge in [-0.2, -0.15) is 0 Å². The Kier molecular flexibility index (Phi) is 7.18. The number of halogens is 1. The molecule has 2 aliphatic rings. The molecule has 1 atom stereocenters. The number of fused-ring (bicyclic) bond motifs is 2. The molecule has 0 saturated heterocycles. The molecule has 2 aliphatic heterocycles. The first-order valence-electron chi connectivity index (χ1n) is 12.0. The van der Waals surface area contributed by atoms with Crippen molar-refractivity contribution < 1.29 is 28.5 Å². The molecule has 2 aromatic carbocycles. The molecule has 1 unspecified atom stereocenters. The molecule has 0 radical (unpaired) electrons. The summed E-state index contributed by atoms with van der Waals surface area (Å²) in [7, 11) is 1.55. The number of methoxy groups -OCH3 is 1. The van der Waals surface area contributed by atoms with Gasteiger partial charge >= 0.3 is 5.97 Å². The van der Waals surface area contributed by atoms with Crippen molar-refractivity contribution >= 4 is 35.0 Å². The molecule has 0 spiro atoms. The molecule has 0 fully saturated rings. The van der Waals surface area contributed by atoms with E-state index in [2.05, 4.69) is 4.99 Å². The van der Waals surface area contributed by atoms with E-state index in [1.807, 2.05) is 6.92 Å². The van der Waals surface area contributed by atoms with Gasteiger partial charge in [-0.1, -0.05) is 29.0 Å². The molecule has 198 valence electrons. The van der Waals surface area contributed by atoms with Gasteiger partial charge in [0, 0.05) is 6.07 Å².